The van der Waals surface area contributed by atoms with Crippen molar-refractivity contribution in [2.24, 2.45) is 11.5 Å². The van der Waals surface area contributed by atoms with Gasteiger partial charge in [-0.25, -0.2) is 14.4 Å². The lowest BCUT2D eigenvalue weighted by Gasteiger charge is -2.21. The number of benzene rings is 1. The number of fused-ring (bicyclic) bond motifs is 1. The average molecular weight is 462 g/mol. The van der Waals surface area contributed by atoms with Crippen LogP contribution in [0.25, 0.3) is 32.7 Å². The van der Waals surface area contributed by atoms with Gasteiger partial charge in [0.2, 0.25) is 0 Å². The number of pyridine rings is 1. The fourth-order valence-corrected chi connectivity index (χ4v) is 5.39. The maximum absolute atomic E-state index is 14.6. The Bertz CT molecular complexity index is 1350. The molecule has 2 atom stereocenters. The first kappa shape index (κ1) is 20.8. The summed E-state index contributed by atoms with van der Waals surface area (Å²) in [6, 6.07) is 12.7. The van der Waals surface area contributed by atoms with Gasteiger partial charge in [0.25, 0.3) is 0 Å². The van der Waals surface area contributed by atoms with Crippen molar-refractivity contribution in [2.75, 3.05) is 0 Å². The smallest absolute Gasteiger partial charge is 0.163 e. The molecule has 0 aliphatic rings. The van der Waals surface area contributed by atoms with Crippen molar-refractivity contribution in [3.63, 3.8) is 0 Å². The van der Waals surface area contributed by atoms with E-state index < -0.39 is 11.9 Å². The Morgan fingerprint density at radius 1 is 0.969 bits per heavy atom. The van der Waals surface area contributed by atoms with Crippen LogP contribution in [0.15, 0.2) is 71.0 Å². The normalized spacial score (nSPS) is 13.3. The van der Waals surface area contributed by atoms with Crippen LogP contribution in [-0.4, -0.2) is 21.0 Å². The number of rotatable bonds is 6. The van der Waals surface area contributed by atoms with Gasteiger partial charge >= 0.3 is 0 Å². The van der Waals surface area contributed by atoms with Crippen molar-refractivity contribution in [1.82, 2.24) is 15.0 Å². The number of aromatic nitrogens is 3. The molecule has 5 nitrogen and oxygen atoms in total. The monoisotopic (exact) mass is 461 g/mol. The van der Waals surface area contributed by atoms with Gasteiger partial charge in [-0.15, -0.1) is 11.3 Å². The summed E-state index contributed by atoms with van der Waals surface area (Å²) in [5, 5.41) is 6.13. The van der Waals surface area contributed by atoms with Gasteiger partial charge in [-0.3, -0.25) is 4.98 Å². The summed E-state index contributed by atoms with van der Waals surface area (Å²) in [4.78, 5) is 13.3. The van der Waals surface area contributed by atoms with Crippen molar-refractivity contribution in [3.05, 3.63) is 88.1 Å². The van der Waals surface area contributed by atoms with E-state index in [-0.39, 0.29) is 17.4 Å². The molecule has 5 aromatic rings. The zero-order valence-corrected chi connectivity index (χ0v) is 18.6. The van der Waals surface area contributed by atoms with Gasteiger partial charge in [0.15, 0.2) is 11.6 Å². The molecule has 160 valence electrons. The molecular weight excluding hydrogens is 441 g/mol. The second-order valence-electron chi connectivity index (χ2n) is 7.51. The number of nitrogens with two attached hydrogens (primary N) is 2. The van der Waals surface area contributed by atoms with E-state index in [1.54, 1.807) is 17.4 Å². The third-order valence-corrected chi connectivity index (χ3v) is 7.05. The van der Waals surface area contributed by atoms with Crippen LogP contribution >= 0.6 is 22.7 Å². The fourth-order valence-electron chi connectivity index (χ4n) is 3.68. The zero-order chi connectivity index (χ0) is 22.1. The molecule has 2 unspecified atom stereocenters. The van der Waals surface area contributed by atoms with Crippen LogP contribution in [0.1, 0.15) is 17.3 Å². The van der Waals surface area contributed by atoms with Crippen LogP contribution < -0.4 is 11.5 Å². The Kier molecular flexibility index (Phi) is 5.75. The number of thiophene rings is 2. The molecule has 0 radical (unpaired) electrons. The first-order valence-corrected chi connectivity index (χ1v) is 11.9. The van der Waals surface area contributed by atoms with E-state index in [9.17, 15) is 4.39 Å². The Labute approximate surface area is 192 Å². The van der Waals surface area contributed by atoms with Gasteiger partial charge in [-0.1, -0.05) is 30.3 Å². The molecule has 1 aromatic carbocycles. The molecule has 32 heavy (non-hydrogen) atoms. The predicted octanol–water partition coefficient (Wildman–Crippen LogP) is 5.19. The zero-order valence-electron chi connectivity index (χ0n) is 17.0. The van der Waals surface area contributed by atoms with Crippen molar-refractivity contribution >= 4 is 32.9 Å². The lowest BCUT2D eigenvalue weighted by Crippen LogP contribution is -2.36. The summed E-state index contributed by atoms with van der Waals surface area (Å²) in [7, 11) is 0. The number of hydrogen-bond acceptors (Lipinski definition) is 7. The van der Waals surface area contributed by atoms with Crippen molar-refractivity contribution in [3.8, 4) is 22.5 Å². The van der Waals surface area contributed by atoms with Gasteiger partial charge in [-0.2, -0.15) is 11.3 Å². The highest BCUT2D eigenvalue weighted by Gasteiger charge is 2.25. The topological polar surface area (TPSA) is 90.7 Å². The SMILES string of the molecule is NC(Cc1ccccc1)C(N)c1nc(-c2ccncc2F)nc2c(-c3ccsc3)csc12. The number of hydrogen-bond donors (Lipinski definition) is 2. The quantitative estimate of drug-likeness (QED) is 0.363. The van der Waals surface area contributed by atoms with Crippen LogP contribution in [0.4, 0.5) is 4.39 Å². The third-order valence-electron chi connectivity index (χ3n) is 5.38. The average Bonchev–Trinajstić information content (AvgIpc) is 3.48. The van der Waals surface area contributed by atoms with E-state index >= 15 is 0 Å². The van der Waals surface area contributed by atoms with E-state index in [2.05, 4.69) is 10.4 Å². The summed E-state index contributed by atoms with van der Waals surface area (Å²) < 4.78 is 15.4. The highest BCUT2D eigenvalue weighted by molar-refractivity contribution is 7.18. The molecule has 0 fully saturated rings. The summed E-state index contributed by atoms with van der Waals surface area (Å²) >= 11 is 3.15. The first-order chi connectivity index (χ1) is 15.6. The van der Waals surface area contributed by atoms with Gasteiger partial charge in [0.1, 0.15) is 0 Å². The number of nitrogens with zero attached hydrogens (tertiary/aromatic N) is 3. The molecule has 0 aliphatic heterocycles. The minimum absolute atomic E-state index is 0.282. The van der Waals surface area contributed by atoms with E-state index in [4.69, 9.17) is 21.4 Å². The van der Waals surface area contributed by atoms with E-state index in [1.165, 1.54) is 17.5 Å². The Balaban J connectivity index is 1.64. The second-order valence-corrected chi connectivity index (χ2v) is 9.17. The molecule has 0 aliphatic carbocycles. The van der Waals surface area contributed by atoms with Crippen molar-refractivity contribution in [1.29, 1.82) is 0 Å². The van der Waals surface area contributed by atoms with Crippen LogP contribution in [0.2, 0.25) is 0 Å². The first-order valence-electron chi connectivity index (χ1n) is 10.1. The lowest BCUT2D eigenvalue weighted by molar-refractivity contribution is 0.536. The minimum Gasteiger partial charge on any atom is -0.326 e. The standard InChI is InChI=1S/C24H20FN5S2/c25-18-11-28-8-6-16(18)24-29-21-17(15-7-9-31-12-15)13-32-23(21)22(30-24)20(27)19(26)10-14-4-2-1-3-5-14/h1-9,11-13,19-20H,10,26-27H2. The molecule has 5 rings (SSSR count). The fraction of sp³-hybridized carbons (Fsp3) is 0.125. The molecule has 0 bridgehead atoms. The number of halogens is 1. The van der Waals surface area contributed by atoms with E-state index in [1.807, 2.05) is 47.2 Å². The molecular formula is C24H20FN5S2. The third kappa shape index (κ3) is 3.93. The molecule has 8 heteroatoms. The lowest BCUT2D eigenvalue weighted by atomic mass is 9.97. The molecule has 0 saturated heterocycles. The molecule has 4 heterocycles. The van der Waals surface area contributed by atoms with Gasteiger partial charge in [0.05, 0.1) is 33.7 Å². The Morgan fingerprint density at radius 2 is 1.81 bits per heavy atom. The van der Waals surface area contributed by atoms with Gasteiger partial charge < -0.3 is 11.5 Å². The molecule has 0 saturated carbocycles. The van der Waals surface area contributed by atoms with Crippen LogP contribution in [0.5, 0.6) is 0 Å². The van der Waals surface area contributed by atoms with Gasteiger partial charge in [0, 0.05) is 23.2 Å². The van der Waals surface area contributed by atoms with Gasteiger partial charge in [-0.05, 0) is 40.4 Å². The molecule has 0 amide bonds. The Morgan fingerprint density at radius 3 is 2.56 bits per heavy atom. The van der Waals surface area contributed by atoms with Crippen LogP contribution in [-0.2, 0) is 6.42 Å². The van der Waals surface area contributed by atoms with Crippen molar-refractivity contribution < 1.29 is 4.39 Å². The summed E-state index contributed by atoms with van der Waals surface area (Å²) in [5.41, 5.74) is 18.0. The molecule has 0 spiro atoms. The van der Waals surface area contributed by atoms with Crippen LogP contribution in [0.3, 0.4) is 0 Å². The second kappa shape index (κ2) is 8.84. The van der Waals surface area contributed by atoms with Crippen molar-refractivity contribution in [2.45, 2.75) is 18.5 Å². The molecule has 4 aromatic heterocycles. The minimum atomic E-state index is -0.543. The highest BCUT2D eigenvalue weighted by atomic mass is 32.1. The maximum atomic E-state index is 14.6. The highest BCUT2D eigenvalue weighted by Crippen LogP contribution is 2.38. The summed E-state index contributed by atoms with van der Waals surface area (Å²) in [6.45, 7) is 0. The largest absolute Gasteiger partial charge is 0.326 e. The van der Waals surface area contributed by atoms with E-state index in [0.717, 1.165) is 33.1 Å². The summed E-state index contributed by atoms with van der Waals surface area (Å²) in [5.74, 6) is -0.197. The van der Waals surface area contributed by atoms with E-state index in [0.29, 0.717) is 12.1 Å². The molecule has 4 N–H and O–H groups in total. The predicted molar refractivity (Wildman–Crippen MR) is 129 cm³/mol. The summed E-state index contributed by atoms with van der Waals surface area (Å²) in [6.07, 6.45) is 3.30. The van der Waals surface area contributed by atoms with Crippen LogP contribution in [0, 0.1) is 5.82 Å². The Hall–Kier alpha value is -3.04. The maximum Gasteiger partial charge on any atom is 0.163 e.